The van der Waals surface area contributed by atoms with E-state index in [0.717, 1.165) is 11.1 Å². The van der Waals surface area contributed by atoms with Crippen LogP contribution in [0, 0.1) is 12.7 Å². The Labute approximate surface area is 106 Å². The van der Waals surface area contributed by atoms with Crippen LogP contribution in [0.25, 0.3) is 0 Å². The minimum absolute atomic E-state index is 0.244. The fraction of sp³-hybridized carbons (Fsp3) is 0.200. The van der Waals surface area contributed by atoms with Crippen molar-refractivity contribution in [2.45, 2.75) is 13.5 Å². The van der Waals surface area contributed by atoms with Crippen LogP contribution in [0.4, 0.5) is 4.39 Å². The summed E-state index contributed by atoms with van der Waals surface area (Å²) in [4.78, 5) is 0. The standard InChI is InChI=1S/C15H15FO2/c1-11-3-8-14(15(9-11)17-2)18-10-12-4-6-13(16)7-5-12/h3-9H,10H2,1-2H3. The van der Waals surface area contributed by atoms with Crippen molar-refractivity contribution in [2.75, 3.05) is 7.11 Å². The molecule has 2 aromatic carbocycles. The summed E-state index contributed by atoms with van der Waals surface area (Å²) in [7, 11) is 1.61. The van der Waals surface area contributed by atoms with Crippen molar-refractivity contribution >= 4 is 0 Å². The normalized spacial score (nSPS) is 10.2. The molecule has 0 N–H and O–H groups in total. The van der Waals surface area contributed by atoms with Crippen LogP contribution in [0.1, 0.15) is 11.1 Å². The molecule has 0 saturated carbocycles. The number of benzene rings is 2. The second-order valence-electron chi connectivity index (χ2n) is 4.07. The Bertz CT molecular complexity index is 521. The van der Waals surface area contributed by atoms with Gasteiger partial charge in [0.2, 0.25) is 0 Å². The summed E-state index contributed by atoms with van der Waals surface area (Å²) >= 11 is 0. The van der Waals surface area contributed by atoms with E-state index >= 15 is 0 Å². The number of ether oxygens (including phenoxy) is 2. The maximum Gasteiger partial charge on any atom is 0.161 e. The first-order valence-electron chi connectivity index (χ1n) is 5.71. The molecule has 18 heavy (non-hydrogen) atoms. The van der Waals surface area contributed by atoms with Crippen molar-refractivity contribution in [3.05, 3.63) is 59.4 Å². The predicted molar refractivity (Wildman–Crippen MR) is 68.5 cm³/mol. The monoisotopic (exact) mass is 246 g/mol. The molecule has 0 aromatic heterocycles. The lowest BCUT2D eigenvalue weighted by Crippen LogP contribution is -1.98. The van der Waals surface area contributed by atoms with Gasteiger partial charge in [0.05, 0.1) is 7.11 Å². The Kier molecular flexibility index (Phi) is 3.82. The largest absolute Gasteiger partial charge is 0.493 e. The summed E-state index contributed by atoms with van der Waals surface area (Å²) in [6, 6.07) is 12.0. The molecular formula is C15H15FO2. The first kappa shape index (κ1) is 12.4. The molecule has 3 heteroatoms. The lowest BCUT2D eigenvalue weighted by Gasteiger charge is -2.11. The number of halogens is 1. The number of aryl methyl sites for hydroxylation is 1. The van der Waals surface area contributed by atoms with Gasteiger partial charge in [0.1, 0.15) is 12.4 Å². The fourth-order valence-corrected chi connectivity index (χ4v) is 1.64. The van der Waals surface area contributed by atoms with Gasteiger partial charge in [-0.2, -0.15) is 0 Å². The highest BCUT2D eigenvalue weighted by Gasteiger charge is 2.04. The molecule has 0 aliphatic carbocycles. The van der Waals surface area contributed by atoms with Crippen molar-refractivity contribution in [3.8, 4) is 11.5 Å². The molecule has 0 aliphatic heterocycles. The van der Waals surface area contributed by atoms with E-state index in [9.17, 15) is 4.39 Å². The molecule has 2 rings (SSSR count). The SMILES string of the molecule is COc1cc(C)ccc1OCc1ccc(F)cc1. The van der Waals surface area contributed by atoms with E-state index in [1.165, 1.54) is 12.1 Å². The zero-order valence-corrected chi connectivity index (χ0v) is 10.4. The lowest BCUT2D eigenvalue weighted by molar-refractivity contribution is 0.284. The van der Waals surface area contributed by atoms with Gasteiger partial charge in [0.25, 0.3) is 0 Å². The van der Waals surface area contributed by atoms with Crippen LogP contribution in [0.15, 0.2) is 42.5 Å². The Morgan fingerprint density at radius 1 is 1.00 bits per heavy atom. The van der Waals surface area contributed by atoms with E-state index in [4.69, 9.17) is 9.47 Å². The molecule has 0 fully saturated rings. The van der Waals surface area contributed by atoms with Crippen LogP contribution in [0.5, 0.6) is 11.5 Å². The smallest absolute Gasteiger partial charge is 0.161 e. The second-order valence-corrected chi connectivity index (χ2v) is 4.07. The maximum atomic E-state index is 12.8. The zero-order chi connectivity index (χ0) is 13.0. The molecule has 0 atom stereocenters. The van der Waals surface area contributed by atoms with Gasteiger partial charge in [-0.15, -0.1) is 0 Å². The third-order valence-electron chi connectivity index (χ3n) is 2.63. The molecule has 0 radical (unpaired) electrons. The molecule has 2 aromatic rings. The first-order valence-corrected chi connectivity index (χ1v) is 5.71. The minimum atomic E-state index is -0.244. The highest BCUT2D eigenvalue weighted by Crippen LogP contribution is 2.28. The number of hydrogen-bond donors (Lipinski definition) is 0. The van der Waals surface area contributed by atoms with Gasteiger partial charge in [0.15, 0.2) is 11.5 Å². The molecule has 0 heterocycles. The summed E-state index contributed by atoms with van der Waals surface area (Å²) < 4.78 is 23.7. The van der Waals surface area contributed by atoms with E-state index in [1.807, 2.05) is 25.1 Å². The summed E-state index contributed by atoms with van der Waals surface area (Å²) in [6.07, 6.45) is 0. The van der Waals surface area contributed by atoms with Crippen molar-refractivity contribution in [3.63, 3.8) is 0 Å². The molecular weight excluding hydrogens is 231 g/mol. The first-order chi connectivity index (χ1) is 8.69. The van der Waals surface area contributed by atoms with Crippen molar-refractivity contribution in [1.29, 1.82) is 0 Å². The van der Waals surface area contributed by atoms with Crippen LogP contribution in [0.2, 0.25) is 0 Å². The second kappa shape index (κ2) is 5.54. The number of hydrogen-bond acceptors (Lipinski definition) is 2. The molecule has 0 bridgehead atoms. The molecule has 0 amide bonds. The number of rotatable bonds is 4. The molecule has 0 spiro atoms. The van der Waals surface area contributed by atoms with Gasteiger partial charge in [-0.3, -0.25) is 0 Å². The lowest BCUT2D eigenvalue weighted by atomic mass is 10.2. The number of methoxy groups -OCH3 is 1. The fourth-order valence-electron chi connectivity index (χ4n) is 1.64. The van der Waals surface area contributed by atoms with Crippen molar-refractivity contribution in [1.82, 2.24) is 0 Å². The average Bonchev–Trinajstić information content (AvgIpc) is 2.39. The van der Waals surface area contributed by atoms with Gasteiger partial charge in [-0.1, -0.05) is 18.2 Å². The van der Waals surface area contributed by atoms with Crippen LogP contribution in [-0.2, 0) is 6.61 Å². The summed E-state index contributed by atoms with van der Waals surface area (Å²) in [6.45, 7) is 2.38. The Hall–Kier alpha value is -2.03. The Morgan fingerprint density at radius 2 is 1.72 bits per heavy atom. The van der Waals surface area contributed by atoms with Gasteiger partial charge >= 0.3 is 0 Å². The minimum Gasteiger partial charge on any atom is -0.493 e. The zero-order valence-electron chi connectivity index (χ0n) is 10.4. The van der Waals surface area contributed by atoms with Gasteiger partial charge < -0.3 is 9.47 Å². The maximum absolute atomic E-state index is 12.8. The Morgan fingerprint density at radius 3 is 2.39 bits per heavy atom. The molecule has 94 valence electrons. The van der Waals surface area contributed by atoms with E-state index in [2.05, 4.69) is 0 Å². The summed E-state index contributed by atoms with van der Waals surface area (Å²) in [5, 5.41) is 0. The molecule has 0 aliphatic rings. The third kappa shape index (κ3) is 3.00. The molecule has 0 unspecified atom stereocenters. The molecule has 0 saturated heterocycles. The third-order valence-corrected chi connectivity index (χ3v) is 2.63. The van der Waals surface area contributed by atoms with Crippen molar-refractivity contribution < 1.29 is 13.9 Å². The predicted octanol–water partition coefficient (Wildman–Crippen LogP) is 3.72. The highest BCUT2D eigenvalue weighted by atomic mass is 19.1. The van der Waals surface area contributed by atoms with E-state index in [1.54, 1.807) is 19.2 Å². The van der Waals surface area contributed by atoms with Gasteiger partial charge in [-0.25, -0.2) is 4.39 Å². The topological polar surface area (TPSA) is 18.5 Å². The van der Waals surface area contributed by atoms with Gasteiger partial charge in [0, 0.05) is 0 Å². The molecule has 2 nitrogen and oxygen atoms in total. The van der Waals surface area contributed by atoms with Crippen LogP contribution >= 0.6 is 0 Å². The van der Waals surface area contributed by atoms with Crippen LogP contribution < -0.4 is 9.47 Å². The van der Waals surface area contributed by atoms with E-state index < -0.39 is 0 Å². The van der Waals surface area contributed by atoms with Crippen molar-refractivity contribution in [2.24, 2.45) is 0 Å². The van der Waals surface area contributed by atoms with Crippen LogP contribution in [0.3, 0.4) is 0 Å². The Balaban J connectivity index is 2.08. The van der Waals surface area contributed by atoms with Crippen LogP contribution in [-0.4, -0.2) is 7.11 Å². The summed E-state index contributed by atoms with van der Waals surface area (Å²) in [5.74, 6) is 1.15. The quantitative estimate of drug-likeness (QED) is 0.818. The highest BCUT2D eigenvalue weighted by molar-refractivity contribution is 5.42. The average molecular weight is 246 g/mol. The van der Waals surface area contributed by atoms with E-state index in [-0.39, 0.29) is 5.82 Å². The van der Waals surface area contributed by atoms with E-state index in [0.29, 0.717) is 18.1 Å². The van der Waals surface area contributed by atoms with Gasteiger partial charge in [-0.05, 0) is 42.3 Å². The summed E-state index contributed by atoms with van der Waals surface area (Å²) in [5.41, 5.74) is 2.03.